The molecule has 2 aromatic heterocycles. The van der Waals surface area contributed by atoms with E-state index in [2.05, 4.69) is 37.0 Å². The highest BCUT2D eigenvalue weighted by Crippen LogP contribution is 2.24. The number of rotatable bonds is 6. The van der Waals surface area contributed by atoms with Crippen molar-refractivity contribution in [1.29, 1.82) is 0 Å². The number of nitrogens with zero attached hydrogens (tertiary/aromatic N) is 5. The van der Waals surface area contributed by atoms with Crippen LogP contribution in [0.2, 0.25) is 0 Å². The molecule has 7 nitrogen and oxygen atoms in total. The van der Waals surface area contributed by atoms with Gasteiger partial charge in [-0.3, -0.25) is 14.7 Å². The first-order valence-corrected chi connectivity index (χ1v) is 11.1. The molecule has 2 atom stereocenters. The second-order valence-electron chi connectivity index (χ2n) is 8.26. The SMILES string of the molecule is CC[C@H]1CCCCN1CCNC(=O)[C@@H]1CCCN(c2cnc3nccnc3c2)C1. The minimum atomic E-state index is 0.0321. The molecule has 0 aromatic carbocycles. The van der Waals surface area contributed by atoms with Crippen LogP contribution >= 0.6 is 0 Å². The van der Waals surface area contributed by atoms with Crippen molar-refractivity contribution in [3.05, 3.63) is 24.7 Å². The van der Waals surface area contributed by atoms with Crippen LogP contribution in [0.4, 0.5) is 5.69 Å². The summed E-state index contributed by atoms with van der Waals surface area (Å²) in [6, 6.07) is 2.71. The van der Waals surface area contributed by atoms with Crippen LogP contribution in [0.25, 0.3) is 11.2 Å². The fourth-order valence-corrected chi connectivity index (χ4v) is 4.73. The van der Waals surface area contributed by atoms with Crippen LogP contribution in [-0.4, -0.2) is 64.5 Å². The lowest BCUT2D eigenvalue weighted by Gasteiger charge is -2.36. The fraction of sp³-hybridized carbons (Fsp3) is 0.636. The van der Waals surface area contributed by atoms with Crippen molar-refractivity contribution in [3.8, 4) is 0 Å². The molecule has 2 fully saturated rings. The number of amides is 1. The summed E-state index contributed by atoms with van der Waals surface area (Å²) in [7, 11) is 0. The van der Waals surface area contributed by atoms with E-state index < -0.39 is 0 Å². The predicted molar refractivity (Wildman–Crippen MR) is 115 cm³/mol. The van der Waals surface area contributed by atoms with Gasteiger partial charge >= 0.3 is 0 Å². The molecule has 7 heteroatoms. The zero-order valence-corrected chi connectivity index (χ0v) is 17.4. The number of anilines is 1. The summed E-state index contributed by atoms with van der Waals surface area (Å²) in [5, 5.41) is 3.20. The van der Waals surface area contributed by atoms with Gasteiger partial charge < -0.3 is 10.2 Å². The van der Waals surface area contributed by atoms with Crippen LogP contribution in [-0.2, 0) is 4.79 Å². The van der Waals surface area contributed by atoms with E-state index in [0.29, 0.717) is 11.7 Å². The van der Waals surface area contributed by atoms with Crippen LogP contribution < -0.4 is 10.2 Å². The maximum atomic E-state index is 12.8. The molecular weight excluding hydrogens is 364 g/mol. The number of fused-ring (bicyclic) bond motifs is 1. The van der Waals surface area contributed by atoms with Crippen molar-refractivity contribution in [2.24, 2.45) is 5.92 Å². The van der Waals surface area contributed by atoms with Crippen molar-refractivity contribution in [2.45, 2.75) is 51.5 Å². The lowest BCUT2D eigenvalue weighted by Crippen LogP contribution is -2.47. The molecule has 0 unspecified atom stereocenters. The van der Waals surface area contributed by atoms with Crippen LogP contribution in [0, 0.1) is 5.92 Å². The number of hydrogen-bond acceptors (Lipinski definition) is 6. The van der Waals surface area contributed by atoms with E-state index in [1.807, 2.05) is 12.3 Å². The Balaban J connectivity index is 1.31. The molecule has 2 aromatic rings. The molecule has 4 heterocycles. The first-order valence-electron chi connectivity index (χ1n) is 11.1. The van der Waals surface area contributed by atoms with Gasteiger partial charge in [-0.15, -0.1) is 0 Å². The van der Waals surface area contributed by atoms with E-state index in [-0.39, 0.29) is 11.8 Å². The summed E-state index contributed by atoms with van der Waals surface area (Å²) in [6.07, 6.45) is 12.3. The number of likely N-dealkylation sites (tertiary alicyclic amines) is 1. The van der Waals surface area contributed by atoms with Gasteiger partial charge in [0.15, 0.2) is 5.65 Å². The van der Waals surface area contributed by atoms with Crippen LogP contribution in [0.1, 0.15) is 45.4 Å². The van der Waals surface area contributed by atoms with Gasteiger partial charge in [0, 0.05) is 44.6 Å². The van der Waals surface area contributed by atoms with Crippen LogP contribution in [0.5, 0.6) is 0 Å². The average molecular weight is 397 g/mol. The highest BCUT2D eigenvalue weighted by Gasteiger charge is 2.27. The fourth-order valence-electron chi connectivity index (χ4n) is 4.73. The number of carbonyl (C=O) groups excluding carboxylic acids is 1. The average Bonchev–Trinajstić information content (AvgIpc) is 2.79. The molecule has 4 rings (SSSR count). The van der Waals surface area contributed by atoms with E-state index in [1.54, 1.807) is 12.4 Å². The summed E-state index contributed by atoms with van der Waals surface area (Å²) >= 11 is 0. The Bertz CT molecular complexity index is 828. The first-order chi connectivity index (χ1) is 14.2. The number of pyridine rings is 1. The third-order valence-corrected chi connectivity index (χ3v) is 6.39. The van der Waals surface area contributed by atoms with Crippen molar-refractivity contribution in [3.63, 3.8) is 0 Å². The predicted octanol–water partition coefficient (Wildman–Crippen LogP) is 2.62. The molecule has 0 spiro atoms. The lowest BCUT2D eigenvalue weighted by molar-refractivity contribution is -0.125. The minimum Gasteiger partial charge on any atom is -0.369 e. The Kier molecular flexibility index (Phi) is 6.54. The molecule has 0 bridgehead atoms. The summed E-state index contributed by atoms with van der Waals surface area (Å²) in [4.78, 5) is 30.6. The van der Waals surface area contributed by atoms with E-state index in [4.69, 9.17) is 0 Å². The molecule has 1 N–H and O–H groups in total. The molecule has 1 amide bonds. The second kappa shape index (κ2) is 9.48. The molecule has 2 saturated heterocycles. The quantitative estimate of drug-likeness (QED) is 0.809. The minimum absolute atomic E-state index is 0.0321. The zero-order valence-electron chi connectivity index (χ0n) is 17.4. The molecular formula is C22H32N6O. The monoisotopic (exact) mass is 396 g/mol. The molecule has 29 heavy (non-hydrogen) atoms. The molecule has 2 aliphatic heterocycles. The standard InChI is InChI=1S/C22H32N6O/c1-2-18-7-3-4-11-27(18)13-10-25-22(29)17-6-5-12-28(16-17)19-14-20-21(26-15-19)24-9-8-23-20/h8-9,14-15,17-18H,2-7,10-13,16H2,1H3,(H,25,29)/t17-,18+/m1/s1. The normalized spacial score (nSPS) is 23.3. The smallest absolute Gasteiger partial charge is 0.224 e. The van der Waals surface area contributed by atoms with Gasteiger partial charge in [0.05, 0.1) is 17.8 Å². The summed E-state index contributed by atoms with van der Waals surface area (Å²) in [5.74, 6) is 0.220. The number of aromatic nitrogens is 3. The largest absolute Gasteiger partial charge is 0.369 e. The van der Waals surface area contributed by atoms with Gasteiger partial charge in [-0.25, -0.2) is 9.97 Å². The Hall–Kier alpha value is -2.28. The van der Waals surface area contributed by atoms with Gasteiger partial charge in [-0.1, -0.05) is 13.3 Å². The van der Waals surface area contributed by atoms with Gasteiger partial charge in [-0.2, -0.15) is 0 Å². The van der Waals surface area contributed by atoms with Crippen molar-refractivity contribution < 1.29 is 4.79 Å². The van der Waals surface area contributed by atoms with E-state index >= 15 is 0 Å². The van der Waals surface area contributed by atoms with Crippen molar-refractivity contribution in [2.75, 3.05) is 37.6 Å². The second-order valence-corrected chi connectivity index (χ2v) is 8.26. The molecule has 2 aliphatic rings. The lowest BCUT2D eigenvalue weighted by atomic mass is 9.96. The van der Waals surface area contributed by atoms with Crippen molar-refractivity contribution in [1.82, 2.24) is 25.2 Å². The molecule has 0 saturated carbocycles. The van der Waals surface area contributed by atoms with E-state index in [1.165, 1.54) is 32.2 Å². The van der Waals surface area contributed by atoms with Gasteiger partial charge in [0.25, 0.3) is 0 Å². The number of hydrogen-bond donors (Lipinski definition) is 1. The molecule has 156 valence electrons. The Morgan fingerprint density at radius 3 is 2.93 bits per heavy atom. The zero-order chi connectivity index (χ0) is 20.1. The topological polar surface area (TPSA) is 74.2 Å². The maximum Gasteiger partial charge on any atom is 0.224 e. The van der Waals surface area contributed by atoms with Crippen LogP contribution in [0.3, 0.4) is 0 Å². The Morgan fingerprint density at radius 1 is 1.14 bits per heavy atom. The Labute approximate surface area is 172 Å². The first kappa shape index (κ1) is 20.0. The van der Waals surface area contributed by atoms with Crippen LogP contribution in [0.15, 0.2) is 24.7 Å². The third-order valence-electron chi connectivity index (χ3n) is 6.39. The number of nitrogens with one attached hydrogen (secondary N) is 1. The highest BCUT2D eigenvalue weighted by molar-refractivity contribution is 5.80. The summed E-state index contributed by atoms with van der Waals surface area (Å²) < 4.78 is 0. The maximum absolute atomic E-state index is 12.8. The summed E-state index contributed by atoms with van der Waals surface area (Å²) in [6.45, 7) is 6.84. The Morgan fingerprint density at radius 2 is 2.03 bits per heavy atom. The summed E-state index contributed by atoms with van der Waals surface area (Å²) in [5.41, 5.74) is 2.48. The van der Waals surface area contributed by atoms with Crippen molar-refractivity contribution >= 4 is 22.8 Å². The van der Waals surface area contributed by atoms with Gasteiger partial charge in [0.1, 0.15) is 5.52 Å². The number of carbonyl (C=O) groups is 1. The van der Waals surface area contributed by atoms with E-state index in [0.717, 1.165) is 50.2 Å². The number of piperidine rings is 2. The van der Waals surface area contributed by atoms with Gasteiger partial charge in [0.2, 0.25) is 5.91 Å². The van der Waals surface area contributed by atoms with E-state index in [9.17, 15) is 4.79 Å². The van der Waals surface area contributed by atoms with Gasteiger partial charge in [-0.05, 0) is 44.7 Å². The molecule has 0 aliphatic carbocycles. The third kappa shape index (κ3) is 4.83. The highest BCUT2D eigenvalue weighted by atomic mass is 16.1. The molecule has 0 radical (unpaired) electrons.